The van der Waals surface area contributed by atoms with Crippen LogP contribution < -0.4 is 0 Å². The maximum Gasteiger partial charge on any atom is 0.102 e. The molecule has 6 heavy (non-hydrogen) atoms. The molecule has 31 valence electrons. The van der Waals surface area contributed by atoms with Crippen LogP contribution in [0.2, 0.25) is 0 Å². The molecule has 0 saturated carbocycles. The molecule has 0 amide bonds. The molecule has 0 unspecified atom stereocenters. The maximum atomic E-state index is 4.66. The zero-order chi connectivity index (χ0) is 4.24. The van der Waals surface area contributed by atoms with Crippen LogP contribution in [0.1, 0.15) is 0 Å². The van der Waals surface area contributed by atoms with E-state index in [1.165, 1.54) is 12.0 Å². The van der Waals surface area contributed by atoms with E-state index in [0.717, 1.165) is 0 Å². The normalized spacial score (nSPS) is 17.3. The Hall–Kier alpha value is -0.370. The van der Waals surface area contributed by atoms with Crippen LogP contribution in [0.15, 0.2) is 18.4 Å². The smallest absolute Gasteiger partial charge is 0.102 e. The van der Waals surface area contributed by atoms with E-state index in [1.54, 1.807) is 18.4 Å². The van der Waals surface area contributed by atoms with Crippen molar-refractivity contribution in [2.75, 3.05) is 0 Å². The fourth-order valence-corrected chi connectivity index (χ4v) is 0.503. The van der Waals surface area contributed by atoms with Gasteiger partial charge in [0.05, 0.1) is 17.5 Å². The van der Waals surface area contributed by atoms with Crippen molar-refractivity contribution in [3.63, 3.8) is 0 Å². The van der Waals surface area contributed by atoms with Crippen LogP contribution in [0.4, 0.5) is 0 Å². The third kappa shape index (κ3) is 0.792. The molecule has 1 heterocycles. The minimum Gasteiger partial charge on any atom is -0.428 e. The van der Waals surface area contributed by atoms with Gasteiger partial charge < -0.3 is 4.18 Å². The predicted molar refractivity (Wildman–Crippen MR) is 25.6 cm³/mol. The molecule has 0 bridgehead atoms. The molecule has 0 aromatic heterocycles. The molecule has 0 aliphatic carbocycles. The largest absolute Gasteiger partial charge is 0.428 e. The summed E-state index contributed by atoms with van der Waals surface area (Å²) in [5, 5.41) is 2.77. The van der Waals surface area contributed by atoms with E-state index in [0.29, 0.717) is 0 Å². The second kappa shape index (κ2) is 1.92. The highest BCUT2D eigenvalue weighted by molar-refractivity contribution is 7.96. The fraction of sp³-hybridized carbons (Fsp3) is 0. The third-order valence-corrected chi connectivity index (χ3v) is 0.834. The summed E-state index contributed by atoms with van der Waals surface area (Å²) in [7, 11) is 0. The average Bonchev–Trinajstić information content (AvgIpc) is 1.72. The van der Waals surface area contributed by atoms with Gasteiger partial charge in [0.25, 0.3) is 0 Å². The lowest BCUT2D eigenvalue weighted by Gasteiger charge is -1.90. The van der Waals surface area contributed by atoms with E-state index in [-0.39, 0.29) is 0 Å². The van der Waals surface area contributed by atoms with Gasteiger partial charge in [-0.3, -0.25) is 0 Å². The van der Waals surface area contributed by atoms with Crippen molar-refractivity contribution in [3.8, 4) is 0 Å². The first-order chi connectivity index (χ1) is 3.00. The van der Waals surface area contributed by atoms with Crippen molar-refractivity contribution in [2.45, 2.75) is 0 Å². The summed E-state index contributed by atoms with van der Waals surface area (Å²) in [4.78, 5) is 0. The minimum absolute atomic E-state index is 1.20. The second-order valence-electron chi connectivity index (χ2n) is 0.793. The van der Waals surface area contributed by atoms with Gasteiger partial charge in [-0.2, -0.15) is 0 Å². The molecule has 0 atom stereocenters. The Morgan fingerprint density at radius 1 is 1.67 bits per heavy atom. The van der Waals surface area contributed by atoms with Gasteiger partial charge in [-0.15, -0.1) is 0 Å². The molecule has 1 radical (unpaired) electrons. The van der Waals surface area contributed by atoms with Gasteiger partial charge in [0.15, 0.2) is 0 Å². The zero-order valence-electron chi connectivity index (χ0n) is 3.05. The monoisotopic (exact) mass is 99.0 g/mol. The topological polar surface area (TPSA) is 9.23 Å². The van der Waals surface area contributed by atoms with Crippen LogP contribution in [0.25, 0.3) is 0 Å². The molecular formula is C4H3OS. The molecule has 2 heteroatoms. The lowest BCUT2D eigenvalue weighted by molar-refractivity contribution is 0.568. The summed E-state index contributed by atoms with van der Waals surface area (Å²) >= 11 is 1.20. The average molecular weight is 99.1 g/mol. The van der Waals surface area contributed by atoms with Crippen molar-refractivity contribution in [3.05, 3.63) is 23.8 Å². The summed E-state index contributed by atoms with van der Waals surface area (Å²) in [6.45, 7) is 0. The fourth-order valence-electron chi connectivity index (χ4n) is 0.194. The Balaban J connectivity index is 2.46. The quantitative estimate of drug-likeness (QED) is 0.425. The molecule has 1 nitrogen and oxygen atoms in total. The maximum absolute atomic E-state index is 4.66. The van der Waals surface area contributed by atoms with Crippen LogP contribution in [0.5, 0.6) is 0 Å². The lowest BCUT2D eigenvalue weighted by atomic mass is 10.6. The number of hydrogen-bond acceptors (Lipinski definition) is 2. The van der Waals surface area contributed by atoms with Gasteiger partial charge in [0, 0.05) is 0 Å². The Labute approximate surface area is 40.9 Å². The van der Waals surface area contributed by atoms with Crippen LogP contribution in [0.3, 0.4) is 0 Å². The number of hydrogen-bond donors (Lipinski definition) is 0. The Morgan fingerprint density at radius 2 is 2.67 bits per heavy atom. The summed E-state index contributed by atoms with van der Waals surface area (Å²) in [5.41, 5.74) is 0. The van der Waals surface area contributed by atoms with Crippen LogP contribution in [0, 0.1) is 5.41 Å². The van der Waals surface area contributed by atoms with Crippen LogP contribution >= 0.6 is 12.0 Å². The van der Waals surface area contributed by atoms with E-state index < -0.39 is 0 Å². The van der Waals surface area contributed by atoms with Gasteiger partial charge in [0.2, 0.25) is 0 Å². The first kappa shape index (κ1) is 3.81. The van der Waals surface area contributed by atoms with Gasteiger partial charge in [-0.05, 0) is 12.2 Å². The van der Waals surface area contributed by atoms with E-state index in [4.69, 9.17) is 0 Å². The van der Waals surface area contributed by atoms with E-state index in [2.05, 4.69) is 9.59 Å². The number of rotatable bonds is 0. The van der Waals surface area contributed by atoms with Crippen molar-refractivity contribution in [1.29, 1.82) is 0 Å². The molecule has 0 saturated heterocycles. The molecule has 0 aromatic rings. The standard InChI is InChI=1S/C4H3OS/c1-2-4-6-5-3-1/h1-3H. The Kier molecular flexibility index (Phi) is 1.22. The van der Waals surface area contributed by atoms with Crippen molar-refractivity contribution < 1.29 is 4.18 Å². The summed E-state index contributed by atoms with van der Waals surface area (Å²) < 4.78 is 4.66. The van der Waals surface area contributed by atoms with Crippen LogP contribution in [-0.2, 0) is 4.18 Å². The SMILES string of the molecule is [C]1=CC=COS1. The number of allylic oxidation sites excluding steroid dienone is 2. The highest BCUT2D eigenvalue weighted by atomic mass is 32.2. The predicted octanol–water partition coefficient (Wildman–Crippen LogP) is 1.50. The van der Waals surface area contributed by atoms with Crippen molar-refractivity contribution in [1.82, 2.24) is 0 Å². The van der Waals surface area contributed by atoms with Crippen molar-refractivity contribution in [2.24, 2.45) is 0 Å². The van der Waals surface area contributed by atoms with Gasteiger partial charge in [-0.1, -0.05) is 0 Å². The molecule has 0 aromatic carbocycles. The molecule has 1 aliphatic rings. The summed E-state index contributed by atoms with van der Waals surface area (Å²) in [6, 6.07) is 0. The molecular weight excluding hydrogens is 96.1 g/mol. The molecule has 0 spiro atoms. The Morgan fingerprint density at radius 3 is 2.83 bits per heavy atom. The summed E-state index contributed by atoms with van der Waals surface area (Å²) in [5.74, 6) is 0. The molecule has 0 N–H and O–H groups in total. The highest BCUT2D eigenvalue weighted by Crippen LogP contribution is 2.06. The molecule has 0 fully saturated rings. The highest BCUT2D eigenvalue weighted by Gasteiger charge is 1.78. The Bertz CT molecular complexity index is 73.5. The van der Waals surface area contributed by atoms with Gasteiger partial charge in [0.1, 0.15) is 6.26 Å². The molecule has 1 rings (SSSR count). The first-order valence-corrected chi connectivity index (χ1v) is 2.30. The molecule has 1 aliphatic heterocycles. The second-order valence-corrected chi connectivity index (χ2v) is 1.39. The van der Waals surface area contributed by atoms with E-state index in [1.807, 2.05) is 0 Å². The van der Waals surface area contributed by atoms with Crippen molar-refractivity contribution >= 4 is 12.0 Å². The van der Waals surface area contributed by atoms with Gasteiger partial charge in [-0.25, -0.2) is 0 Å². The lowest BCUT2D eigenvalue weighted by Crippen LogP contribution is -1.64. The van der Waals surface area contributed by atoms with Crippen LogP contribution in [-0.4, -0.2) is 0 Å². The first-order valence-electron chi connectivity index (χ1n) is 1.56. The zero-order valence-corrected chi connectivity index (χ0v) is 3.87. The minimum atomic E-state index is 1.20. The van der Waals surface area contributed by atoms with E-state index in [9.17, 15) is 0 Å². The van der Waals surface area contributed by atoms with E-state index >= 15 is 0 Å². The van der Waals surface area contributed by atoms with Gasteiger partial charge >= 0.3 is 0 Å². The summed E-state index contributed by atoms with van der Waals surface area (Å²) in [6.07, 6.45) is 5.20. The third-order valence-electron chi connectivity index (χ3n) is 0.395.